The molecule has 1 amide bonds. The minimum absolute atomic E-state index is 0.0287. The second kappa shape index (κ2) is 6.80. The van der Waals surface area contributed by atoms with Gasteiger partial charge in [-0.15, -0.1) is 0 Å². The second-order valence-corrected chi connectivity index (χ2v) is 5.84. The zero-order valence-corrected chi connectivity index (χ0v) is 13.3. The van der Waals surface area contributed by atoms with Gasteiger partial charge in [-0.2, -0.15) is 8.78 Å². The van der Waals surface area contributed by atoms with E-state index in [1.165, 1.54) is 25.3 Å². The van der Waals surface area contributed by atoms with Crippen molar-refractivity contribution in [2.75, 3.05) is 12.4 Å². The fraction of sp³-hybridized carbons (Fsp3) is 0.467. The Bertz CT molecular complexity index is 596. The molecule has 1 rings (SSSR count). The van der Waals surface area contributed by atoms with Crippen molar-refractivity contribution in [1.82, 2.24) is 0 Å². The molecule has 0 atom stereocenters. The van der Waals surface area contributed by atoms with Crippen LogP contribution >= 0.6 is 0 Å². The van der Waals surface area contributed by atoms with Crippen LogP contribution in [0.25, 0.3) is 0 Å². The maximum absolute atomic E-state index is 13.5. The predicted octanol–water partition coefficient (Wildman–Crippen LogP) is 3.30. The summed E-state index contributed by atoms with van der Waals surface area (Å²) in [6.45, 7) is 4.96. The van der Waals surface area contributed by atoms with Crippen LogP contribution in [0.1, 0.15) is 26.3 Å². The number of carbonyl (C=O) groups excluding carboxylic acids is 1. The monoisotopic (exact) mass is 331 g/mol. The van der Waals surface area contributed by atoms with Crippen molar-refractivity contribution in [2.24, 2.45) is 0 Å². The van der Waals surface area contributed by atoms with Crippen LogP contribution in [-0.2, 0) is 16.0 Å². The lowest BCUT2D eigenvalue weighted by Gasteiger charge is -2.21. The molecule has 0 aromatic heterocycles. The molecule has 0 aliphatic heterocycles. The van der Waals surface area contributed by atoms with Crippen molar-refractivity contribution in [3.05, 3.63) is 23.8 Å². The van der Waals surface area contributed by atoms with Crippen molar-refractivity contribution >= 4 is 17.7 Å². The molecule has 0 aliphatic carbocycles. The van der Waals surface area contributed by atoms with E-state index in [4.69, 9.17) is 14.6 Å². The first-order valence-electron chi connectivity index (χ1n) is 6.73. The molecule has 0 heterocycles. The maximum atomic E-state index is 13.5. The summed E-state index contributed by atoms with van der Waals surface area (Å²) in [4.78, 5) is 22.4. The minimum Gasteiger partial charge on any atom is -0.497 e. The summed E-state index contributed by atoms with van der Waals surface area (Å²) in [6.07, 6.45) is -1.92. The summed E-state index contributed by atoms with van der Waals surface area (Å²) in [5, 5.41) is 10.9. The predicted molar refractivity (Wildman–Crippen MR) is 79.1 cm³/mol. The van der Waals surface area contributed by atoms with Gasteiger partial charge in [-0.1, -0.05) is 0 Å². The largest absolute Gasteiger partial charge is 0.497 e. The van der Waals surface area contributed by atoms with Gasteiger partial charge in [0.1, 0.15) is 11.4 Å². The molecule has 1 aromatic carbocycles. The van der Waals surface area contributed by atoms with Gasteiger partial charge in [0.05, 0.1) is 13.5 Å². The Kier molecular flexibility index (Phi) is 5.52. The number of alkyl halides is 2. The van der Waals surface area contributed by atoms with E-state index >= 15 is 0 Å². The SMILES string of the molecule is COc1ccc(NC(=O)OC(C)(C)C)c(CC(F)(F)C(=O)O)c1. The second-order valence-electron chi connectivity index (χ2n) is 5.84. The summed E-state index contributed by atoms with van der Waals surface area (Å²) in [5.74, 6) is -5.96. The van der Waals surface area contributed by atoms with Crippen molar-refractivity contribution in [2.45, 2.75) is 38.7 Å². The van der Waals surface area contributed by atoms with Gasteiger partial charge in [-0.25, -0.2) is 9.59 Å². The van der Waals surface area contributed by atoms with Crippen LogP contribution in [0, 0.1) is 0 Å². The fourth-order valence-electron chi connectivity index (χ4n) is 1.69. The number of carboxylic acids is 1. The highest BCUT2D eigenvalue weighted by molar-refractivity contribution is 5.86. The first-order valence-corrected chi connectivity index (χ1v) is 6.73. The summed E-state index contributed by atoms with van der Waals surface area (Å²) < 4.78 is 36.9. The molecule has 0 fully saturated rings. The van der Waals surface area contributed by atoms with E-state index in [2.05, 4.69) is 5.32 Å². The number of carbonyl (C=O) groups is 2. The third-order valence-electron chi connectivity index (χ3n) is 2.67. The molecule has 1 aromatic rings. The van der Waals surface area contributed by atoms with Crippen LogP contribution < -0.4 is 10.1 Å². The van der Waals surface area contributed by atoms with Crippen LogP contribution in [0.2, 0.25) is 0 Å². The lowest BCUT2D eigenvalue weighted by atomic mass is 10.0. The van der Waals surface area contributed by atoms with E-state index in [0.717, 1.165) is 0 Å². The molecule has 8 heteroatoms. The van der Waals surface area contributed by atoms with E-state index in [0.29, 0.717) is 0 Å². The van der Waals surface area contributed by atoms with E-state index in [1.54, 1.807) is 20.8 Å². The van der Waals surface area contributed by atoms with Gasteiger partial charge >= 0.3 is 18.0 Å². The highest BCUT2D eigenvalue weighted by atomic mass is 19.3. The number of aliphatic carboxylic acids is 1. The molecule has 0 radical (unpaired) electrons. The zero-order valence-electron chi connectivity index (χ0n) is 13.3. The Morgan fingerprint density at radius 2 is 1.87 bits per heavy atom. The first kappa shape index (κ1) is 18.7. The number of nitrogens with one attached hydrogen (secondary N) is 1. The standard InChI is InChI=1S/C15H19F2NO5/c1-14(2,3)23-13(21)18-11-6-5-10(22-4)7-9(11)8-15(16,17)12(19)20/h5-7H,8H2,1-4H3,(H,18,21)(H,19,20). The van der Waals surface area contributed by atoms with Crippen LogP contribution in [-0.4, -0.2) is 35.8 Å². The zero-order chi connectivity index (χ0) is 17.8. The normalized spacial score (nSPS) is 11.7. The molecule has 23 heavy (non-hydrogen) atoms. The minimum atomic E-state index is -3.98. The highest BCUT2D eigenvalue weighted by Gasteiger charge is 2.39. The van der Waals surface area contributed by atoms with E-state index in [-0.39, 0.29) is 17.0 Å². The quantitative estimate of drug-likeness (QED) is 0.865. The van der Waals surface area contributed by atoms with Crippen molar-refractivity contribution in [3.8, 4) is 5.75 Å². The Morgan fingerprint density at radius 1 is 1.26 bits per heavy atom. The number of halogens is 2. The van der Waals surface area contributed by atoms with Crippen LogP contribution in [0.15, 0.2) is 18.2 Å². The van der Waals surface area contributed by atoms with Crippen LogP contribution in [0.3, 0.4) is 0 Å². The van der Waals surface area contributed by atoms with Gasteiger partial charge in [0.15, 0.2) is 0 Å². The number of rotatable bonds is 5. The average Bonchev–Trinajstić information content (AvgIpc) is 2.38. The Labute approximate surface area is 132 Å². The summed E-state index contributed by atoms with van der Waals surface area (Å²) in [6, 6.07) is 4.04. The van der Waals surface area contributed by atoms with Crippen LogP contribution in [0.5, 0.6) is 5.75 Å². The topological polar surface area (TPSA) is 84.9 Å². The molecule has 128 valence electrons. The smallest absolute Gasteiger partial charge is 0.412 e. The number of carboxylic acid groups (broad SMARTS) is 1. The number of ether oxygens (including phenoxy) is 2. The molecule has 0 saturated heterocycles. The summed E-state index contributed by atoms with van der Waals surface area (Å²) >= 11 is 0. The molecular formula is C15H19F2NO5. The Morgan fingerprint density at radius 3 is 2.35 bits per heavy atom. The summed E-state index contributed by atoms with van der Waals surface area (Å²) in [5.41, 5.74) is -0.814. The average molecular weight is 331 g/mol. The molecular weight excluding hydrogens is 312 g/mol. The molecule has 0 aliphatic rings. The summed E-state index contributed by atoms with van der Waals surface area (Å²) in [7, 11) is 1.34. The Hall–Kier alpha value is -2.38. The molecule has 0 unspecified atom stereocenters. The van der Waals surface area contributed by atoms with Gasteiger partial charge in [0.25, 0.3) is 0 Å². The molecule has 6 nitrogen and oxygen atoms in total. The van der Waals surface area contributed by atoms with E-state index < -0.39 is 30.0 Å². The van der Waals surface area contributed by atoms with Crippen molar-refractivity contribution in [3.63, 3.8) is 0 Å². The van der Waals surface area contributed by atoms with Gasteiger partial charge in [-0.3, -0.25) is 5.32 Å². The van der Waals surface area contributed by atoms with Gasteiger partial charge in [-0.05, 0) is 44.5 Å². The maximum Gasteiger partial charge on any atom is 0.412 e. The lowest BCUT2D eigenvalue weighted by molar-refractivity contribution is -0.164. The number of methoxy groups -OCH3 is 1. The molecule has 0 saturated carbocycles. The van der Waals surface area contributed by atoms with Gasteiger partial charge in [0, 0.05) is 5.69 Å². The van der Waals surface area contributed by atoms with Crippen LogP contribution in [0.4, 0.5) is 19.3 Å². The third kappa shape index (κ3) is 5.72. The number of amides is 1. The number of benzene rings is 1. The van der Waals surface area contributed by atoms with Crippen molar-refractivity contribution in [1.29, 1.82) is 0 Å². The fourth-order valence-corrected chi connectivity index (χ4v) is 1.69. The van der Waals surface area contributed by atoms with Crippen molar-refractivity contribution < 1.29 is 33.0 Å². The van der Waals surface area contributed by atoms with Gasteiger partial charge in [0.2, 0.25) is 0 Å². The molecule has 2 N–H and O–H groups in total. The molecule has 0 spiro atoms. The highest BCUT2D eigenvalue weighted by Crippen LogP contribution is 2.29. The number of hydrogen-bond acceptors (Lipinski definition) is 4. The Balaban J connectivity index is 3.07. The first-order chi connectivity index (χ1) is 10.4. The van der Waals surface area contributed by atoms with Gasteiger partial charge < -0.3 is 14.6 Å². The molecule has 0 bridgehead atoms. The van der Waals surface area contributed by atoms with E-state index in [9.17, 15) is 18.4 Å². The number of hydrogen-bond donors (Lipinski definition) is 2. The third-order valence-corrected chi connectivity index (χ3v) is 2.67. The van der Waals surface area contributed by atoms with E-state index in [1.807, 2.05) is 0 Å². The lowest BCUT2D eigenvalue weighted by Crippen LogP contribution is -2.31. The number of anilines is 1.